The van der Waals surface area contributed by atoms with Crippen molar-refractivity contribution in [3.8, 4) is 5.75 Å². The van der Waals surface area contributed by atoms with Crippen LogP contribution in [0.4, 0.5) is 11.4 Å². The van der Waals surface area contributed by atoms with E-state index in [-0.39, 0.29) is 16.5 Å². The van der Waals surface area contributed by atoms with Crippen molar-refractivity contribution in [3.63, 3.8) is 0 Å². The lowest BCUT2D eigenvalue weighted by atomic mass is 10.2. The number of benzene rings is 2. The summed E-state index contributed by atoms with van der Waals surface area (Å²) in [5.41, 5.74) is 1.28. The molecule has 0 fully saturated rings. The van der Waals surface area contributed by atoms with Crippen LogP contribution in [0.25, 0.3) is 0 Å². The molecule has 0 bridgehead atoms. The van der Waals surface area contributed by atoms with Crippen LogP contribution in [-0.4, -0.2) is 10.0 Å². The van der Waals surface area contributed by atoms with Gasteiger partial charge in [0.1, 0.15) is 11.4 Å². The number of anilines is 1. The summed E-state index contributed by atoms with van der Waals surface area (Å²) >= 11 is 5.79. The van der Waals surface area contributed by atoms with Crippen LogP contribution in [0, 0.1) is 10.1 Å². The highest BCUT2D eigenvalue weighted by Crippen LogP contribution is 2.26. The van der Waals surface area contributed by atoms with Crippen LogP contribution in [-0.2, 0) is 6.54 Å². The Hall–Kier alpha value is -2.27. The lowest BCUT2D eigenvalue weighted by molar-refractivity contribution is -0.384. The third-order valence-corrected chi connectivity index (χ3v) is 2.90. The highest BCUT2D eigenvalue weighted by molar-refractivity contribution is 6.32. The van der Waals surface area contributed by atoms with Gasteiger partial charge in [-0.15, -0.1) is 0 Å². The van der Waals surface area contributed by atoms with Crippen molar-refractivity contribution in [1.29, 1.82) is 0 Å². The number of para-hydroxylation sites is 2. The topological polar surface area (TPSA) is 75.4 Å². The van der Waals surface area contributed by atoms with E-state index in [0.29, 0.717) is 12.2 Å². The minimum absolute atomic E-state index is 0.0103. The van der Waals surface area contributed by atoms with Gasteiger partial charge < -0.3 is 10.4 Å². The van der Waals surface area contributed by atoms with Crippen molar-refractivity contribution in [2.24, 2.45) is 0 Å². The largest absolute Gasteiger partial charge is 0.506 e. The third-order valence-electron chi connectivity index (χ3n) is 2.60. The van der Waals surface area contributed by atoms with Gasteiger partial charge in [-0.25, -0.2) is 0 Å². The van der Waals surface area contributed by atoms with Gasteiger partial charge in [0.2, 0.25) is 0 Å². The lowest BCUT2D eigenvalue weighted by Crippen LogP contribution is -2.02. The molecule has 98 valence electrons. The summed E-state index contributed by atoms with van der Waals surface area (Å²) in [5, 5.41) is 23.4. The number of nitro benzene ring substituents is 1. The van der Waals surface area contributed by atoms with Gasteiger partial charge in [0.05, 0.1) is 9.95 Å². The zero-order valence-electron chi connectivity index (χ0n) is 9.84. The molecular formula is C13H11ClN2O3. The first kappa shape index (κ1) is 13.2. The highest BCUT2D eigenvalue weighted by atomic mass is 35.5. The minimum Gasteiger partial charge on any atom is -0.506 e. The predicted molar refractivity (Wildman–Crippen MR) is 73.5 cm³/mol. The molecule has 0 atom stereocenters. The molecule has 5 nitrogen and oxygen atoms in total. The van der Waals surface area contributed by atoms with Crippen LogP contribution in [0.15, 0.2) is 42.5 Å². The second-order valence-corrected chi connectivity index (χ2v) is 4.32. The van der Waals surface area contributed by atoms with Crippen LogP contribution in [0.2, 0.25) is 5.02 Å². The van der Waals surface area contributed by atoms with E-state index in [9.17, 15) is 15.2 Å². The number of phenolic OH excluding ortho intramolecular Hbond substituents is 1. The fourth-order valence-corrected chi connectivity index (χ4v) is 1.84. The molecule has 0 aliphatic heterocycles. The Morgan fingerprint density at radius 1 is 1.26 bits per heavy atom. The summed E-state index contributed by atoms with van der Waals surface area (Å²) < 4.78 is 0. The number of hydrogen-bond donors (Lipinski definition) is 2. The van der Waals surface area contributed by atoms with Crippen molar-refractivity contribution < 1.29 is 10.0 Å². The molecule has 0 amide bonds. The first-order valence-electron chi connectivity index (χ1n) is 5.52. The molecule has 0 spiro atoms. The number of nitro groups is 1. The Labute approximate surface area is 114 Å². The molecule has 2 rings (SSSR count). The van der Waals surface area contributed by atoms with Gasteiger partial charge in [-0.3, -0.25) is 10.1 Å². The summed E-state index contributed by atoms with van der Waals surface area (Å²) in [6.07, 6.45) is 0. The molecule has 0 unspecified atom stereocenters. The molecule has 0 aliphatic carbocycles. The number of rotatable bonds is 4. The van der Waals surface area contributed by atoms with E-state index in [1.165, 1.54) is 12.1 Å². The van der Waals surface area contributed by atoms with E-state index in [4.69, 9.17) is 11.6 Å². The van der Waals surface area contributed by atoms with Crippen LogP contribution in [0.5, 0.6) is 5.75 Å². The predicted octanol–water partition coefficient (Wildman–Crippen LogP) is 3.57. The number of nitrogens with zero attached hydrogens (tertiary/aromatic N) is 1. The minimum atomic E-state index is -0.438. The van der Waals surface area contributed by atoms with Crippen LogP contribution >= 0.6 is 11.6 Å². The number of aromatic hydroxyl groups is 1. The molecule has 6 heteroatoms. The van der Waals surface area contributed by atoms with Crippen molar-refractivity contribution in [2.75, 3.05) is 5.32 Å². The first-order chi connectivity index (χ1) is 9.08. The van der Waals surface area contributed by atoms with Gasteiger partial charge >= 0.3 is 0 Å². The summed E-state index contributed by atoms with van der Waals surface area (Å²) in [6.45, 7) is 0.380. The Bertz CT molecular complexity index is 617. The van der Waals surface area contributed by atoms with E-state index < -0.39 is 4.92 Å². The van der Waals surface area contributed by atoms with Crippen LogP contribution in [0.3, 0.4) is 0 Å². The Balaban J connectivity index is 2.14. The van der Waals surface area contributed by atoms with Crippen LogP contribution < -0.4 is 5.32 Å². The van der Waals surface area contributed by atoms with E-state index in [1.54, 1.807) is 30.3 Å². The maximum Gasteiger partial charge on any atom is 0.292 e. The third kappa shape index (κ3) is 3.14. The van der Waals surface area contributed by atoms with Gasteiger partial charge in [-0.2, -0.15) is 0 Å². The smallest absolute Gasteiger partial charge is 0.292 e. The second kappa shape index (κ2) is 5.58. The van der Waals surface area contributed by atoms with Crippen molar-refractivity contribution in [1.82, 2.24) is 0 Å². The molecule has 0 saturated heterocycles. The average molecular weight is 279 g/mol. The summed E-state index contributed by atoms with van der Waals surface area (Å²) in [4.78, 5) is 10.4. The van der Waals surface area contributed by atoms with E-state index in [0.717, 1.165) is 5.56 Å². The number of halogens is 1. The van der Waals surface area contributed by atoms with Crippen molar-refractivity contribution in [2.45, 2.75) is 6.54 Å². The maximum atomic E-state index is 10.8. The lowest BCUT2D eigenvalue weighted by Gasteiger charge is -2.07. The van der Waals surface area contributed by atoms with Gasteiger partial charge in [0.25, 0.3) is 5.69 Å². The number of hydrogen-bond acceptors (Lipinski definition) is 4. The van der Waals surface area contributed by atoms with Gasteiger partial charge in [0.15, 0.2) is 0 Å². The summed E-state index contributed by atoms with van der Waals surface area (Å²) in [6, 6.07) is 11.2. The highest BCUT2D eigenvalue weighted by Gasteiger charge is 2.11. The normalized spacial score (nSPS) is 10.2. The standard InChI is InChI=1S/C13H11ClN2O3/c14-10-7-9(5-6-13(10)17)8-15-11-3-1-2-4-12(11)16(18)19/h1-7,15,17H,8H2. The summed E-state index contributed by atoms with van der Waals surface area (Å²) in [5.74, 6) is 0.0103. The SMILES string of the molecule is O=[N+]([O-])c1ccccc1NCc1ccc(O)c(Cl)c1. The maximum absolute atomic E-state index is 10.8. The number of nitrogens with one attached hydrogen (secondary N) is 1. The van der Waals surface area contributed by atoms with Gasteiger partial charge in [-0.05, 0) is 23.8 Å². The first-order valence-corrected chi connectivity index (χ1v) is 5.90. The van der Waals surface area contributed by atoms with Gasteiger partial charge in [0, 0.05) is 12.6 Å². The molecule has 0 saturated carbocycles. The zero-order chi connectivity index (χ0) is 13.8. The fourth-order valence-electron chi connectivity index (χ4n) is 1.64. The average Bonchev–Trinajstić information content (AvgIpc) is 2.40. The molecule has 0 aliphatic rings. The van der Waals surface area contributed by atoms with Crippen LogP contribution in [0.1, 0.15) is 5.56 Å². The van der Waals surface area contributed by atoms with E-state index in [2.05, 4.69) is 5.32 Å². The molecule has 0 radical (unpaired) electrons. The van der Waals surface area contributed by atoms with E-state index >= 15 is 0 Å². The van der Waals surface area contributed by atoms with Crippen molar-refractivity contribution >= 4 is 23.0 Å². The summed E-state index contributed by atoms with van der Waals surface area (Å²) in [7, 11) is 0. The molecule has 0 heterocycles. The zero-order valence-corrected chi connectivity index (χ0v) is 10.6. The molecule has 2 aromatic rings. The molecule has 2 N–H and O–H groups in total. The Kier molecular flexibility index (Phi) is 3.87. The molecule has 19 heavy (non-hydrogen) atoms. The number of phenols is 1. The fraction of sp³-hybridized carbons (Fsp3) is 0.0769. The molecular weight excluding hydrogens is 268 g/mol. The Morgan fingerprint density at radius 3 is 2.68 bits per heavy atom. The molecule has 0 aromatic heterocycles. The quantitative estimate of drug-likeness (QED) is 0.662. The monoisotopic (exact) mass is 278 g/mol. The van der Waals surface area contributed by atoms with Crippen molar-refractivity contribution in [3.05, 3.63) is 63.2 Å². The Morgan fingerprint density at radius 2 is 2.00 bits per heavy atom. The van der Waals surface area contributed by atoms with E-state index in [1.807, 2.05) is 0 Å². The second-order valence-electron chi connectivity index (χ2n) is 3.91. The molecule has 2 aromatic carbocycles. The van der Waals surface area contributed by atoms with Gasteiger partial charge in [-0.1, -0.05) is 29.8 Å².